The van der Waals surface area contributed by atoms with Gasteiger partial charge in [-0.1, -0.05) is 30.3 Å². The third kappa shape index (κ3) is 7.12. The van der Waals surface area contributed by atoms with E-state index in [0.717, 1.165) is 5.56 Å². The monoisotopic (exact) mass is 382 g/mol. The molecule has 0 aliphatic carbocycles. The SMILES string of the molecule is c1ccc(C2OCC3(COCCOCCOCCOCCOC3)CO2)cc1. The molecule has 0 amide bonds. The Hall–Kier alpha value is -1.06. The maximum Gasteiger partial charge on any atom is 0.183 e. The third-order valence-corrected chi connectivity index (χ3v) is 4.46. The molecule has 0 unspecified atom stereocenters. The van der Waals surface area contributed by atoms with Crippen molar-refractivity contribution in [3.8, 4) is 0 Å². The molecule has 1 aromatic rings. The van der Waals surface area contributed by atoms with E-state index < -0.39 is 0 Å². The third-order valence-electron chi connectivity index (χ3n) is 4.46. The molecule has 7 nitrogen and oxygen atoms in total. The van der Waals surface area contributed by atoms with Gasteiger partial charge in [-0.25, -0.2) is 0 Å². The summed E-state index contributed by atoms with van der Waals surface area (Å²) >= 11 is 0. The highest BCUT2D eigenvalue weighted by atomic mass is 16.7. The van der Waals surface area contributed by atoms with E-state index >= 15 is 0 Å². The minimum Gasteiger partial charge on any atom is -0.378 e. The fourth-order valence-corrected chi connectivity index (χ4v) is 2.96. The lowest BCUT2D eigenvalue weighted by atomic mass is 9.91. The molecule has 0 radical (unpaired) electrons. The molecule has 0 atom stereocenters. The van der Waals surface area contributed by atoms with E-state index in [1.54, 1.807) is 0 Å². The molecule has 0 aromatic heterocycles. The Labute approximate surface area is 160 Å². The summed E-state index contributed by atoms with van der Waals surface area (Å²) in [7, 11) is 0. The summed E-state index contributed by atoms with van der Waals surface area (Å²) in [5.74, 6) is 0. The zero-order valence-electron chi connectivity index (χ0n) is 15.8. The van der Waals surface area contributed by atoms with Crippen LogP contribution in [0.15, 0.2) is 30.3 Å². The second-order valence-corrected chi connectivity index (χ2v) is 6.81. The minimum absolute atomic E-state index is 0.328. The van der Waals surface area contributed by atoms with Crippen molar-refractivity contribution >= 4 is 0 Å². The molecule has 0 N–H and O–H groups in total. The zero-order valence-corrected chi connectivity index (χ0v) is 15.8. The highest BCUT2D eigenvalue weighted by Crippen LogP contribution is 2.32. The Morgan fingerprint density at radius 1 is 0.556 bits per heavy atom. The molecular formula is C20H30O7. The molecule has 2 aliphatic rings. The first-order chi connectivity index (χ1) is 13.4. The fourth-order valence-electron chi connectivity index (χ4n) is 2.96. The molecule has 0 bridgehead atoms. The fraction of sp³-hybridized carbons (Fsp3) is 0.700. The van der Waals surface area contributed by atoms with Crippen LogP contribution in [0.4, 0.5) is 0 Å². The number of rotatable bonds is 1. The van der Waals surface area contributed by atoms with Gasteiger partial charge in [0.2, 0.25) is 0 Å². The molecule has 1 aromatic carbocycles. The van der Waals surface area contributed by atoms with Crippen LogP contribution in [0.25, 0.3) is 0 Å². The van der Waals surface area contributed by atoms with Gasteiger partial charge in [-0.2, -0.15) is 0 Å². The van der Waals surface area contributed by atoms with Crippen molar-refractivity contribution in [2.75, 3.05) is 79.3 Å². The standard InChI is InChI=1S/C20H30O7/c1-2-4-18(5-3-1)19-26-16-20(17-27-19)14-24-12-10-22-8-6-21-7-9-23-11-13-25-15-20/h1-5,19H,6-17H2. The van der Waals surface area contributed by atoms with E-state index in [-0.39, 0.29) is 11.7 Å². The molecule has 3 rings (SSSR count). The highest BCUT2D eigenvalue weighted by molar-refractivity contribution is 5.16. The van der Waals surface area contributed by atoms with Gasteiger partial charge in [-0.15, -0.1) is 0 Å². The van der Waals surface area contributed by atoms with E-state index in [4.69, 9.17) is 33.2 Å². The zero-order chi connectivity index (χ0) is 18.6. The lowest BCUT2D eigenvalue weighted by Crippen LogP contribution is -2.46. The van der Waals surface area contributed by atoms with E-state index in [0.29, 0.717) is 79.3 Å². The van der Waals surface area contributed by atoms with E-state index in [1.165, 1.54) is 0 Å². The molecule has 2 heterocycles. The van der Waals surface area contributed by atoms with Crippen LogP contribution < -0.4 is 0 Å². The smallest absolute Gasteiger partial charge is 0.183 e. The number of benzene rings is 1. The van der Waals surface area contributed by atoms with Crippen molar-refractivity contribution in [1.82, 2.24) is 0 Å². The number of ether oxygens (including phenoxy) is 7. The van der Waals surface area contributed by atoms with Crippen LogP contribution >= 0.6 is 0 Å². The summed E-state index contributed by atoms with van der Waals surface area (Å²) < 4.78 is 40.1. The summed E-state index contributed by atoms with van der Waals surface area (Å²) in [4.78, 5) is 0. The molecular weight excluding hydrogens is 352 g/mol. The predicted octanol–water partition coefficient (Wildman–Crippen LogP) is 1.81. The molecule has 1 spiro atoms. The van der Waals surface area contributed by atoms with Gasteiger partial charge in [0, 0.05) is 5.56 Å². The van der Waals surface area contributed by atoms with Gasteiger partial charge in [0.05, 0.1) is 84.7 Å². The Morgan fingerprint density at radius 2 is 1.00 bits per heavy atom. The highest BCUT2D eigenvalue weighted by Gasteiger charge is 2.38. The average molecular weight is 382 g/mol. The van der Waals surface area contributed by atoms with Crippen LogP contribution in [0.3, 0.4) is 0 Å². The van der Waals surface area contributed by atoms with Gasteiger partial charge in [0.15, 0.2) is 6.29 Å². The maximum absolute atomic E-state index is 6.00. The topological polar surface area (TPSA) is 64.6 Å². The molecule has 7 heteroatoms. The summed E-state index contributed by atoms with van der Waals surface area (Å²) in [5.41, 5.74) is 0.692. The van der Waals surface area contributed by atoms with Gasteiger partial charge in [-0.05, 0) is 0 Å². The normalized spacial score (nSPS) is 24.6. The van der Waals surface area contributed by atoms with E-state index in [2.05, 4.69) is 0 Å². The van der Waals surface area contributed by atoms with Crippen LogP contribution in [-0.2, 0) is 33.2 Å². The quantitative estimate of drug-likeness (QED) is 0.734. The van der Waals surface area contributed by atoms with Gasteiger partial charge in [0.1, 0.15) is 0 Å². The van der Waals surface area contributed by atoms with Crippen LogP contribution in [0.1, 0.15) is 11.9 Å². The molecule has 2 fully saturated rings. The Kier molecular flexibility index (Phi) is 8.96. The van der Waals surface area contributed by atoms with Crippen molar-refractivity contribution in [1.29, 1.82) is 0 Å². The average Bonchev–Trinajstić information content (AvgIpc) is 2.71. The van der Waals surface area contributed by atoms with Crippen molar-refractivity contribution in [3.63, 3.8) is 0 Å². The summed E-state index contributed by atoms with van der Waals surface area (Å²) in [6.07, 6.45) is -0.344. The summed E-state index contributed by atoms with van der Waals surface area (Å²) in [6, 6.07) is 9.96. The number of hydrogen-bond donors (Lipinski definition) is 0. The van der Waals surface area contributed by atoms with Crippen LogP contribution in [0.5, 0.6) is 0 Å². The van der Waals surface area contributed by atoms with Crippen LogP contribution in [-0.4, -0.2) is 79.3 Å². The van der Waals surface area contributed by atoms with Gasteiger partial charge in [0.25, 0.3) is 0 Å². The summed E-state index contributed by atoms with van der Waals surface area (Å²) in [6.45, 7) is 6.37. The second kappa shape index (κ2) is 11.7. The van der Waals surface area contributed by atoms with Gasteiger partial charge >= 0.3 is 0 Å². The lowest BCUT2D eigenvalue weighted by Gasteiger charge is -2.39. The van der Waals surface area contributed by atoms with Gasteiger partial charge in [-0.3, -0.25) is 0 Å². The first-order valence-electron chi connectivity index (χ1n) is 9.55. The van der Waals surface area contributed by atoms with Crippen LogP contribution in [0, 0.1) is 5.41 Å². The van der Waals surface area contributed by atoms with Crippen molar-refractivity contribution in [3.05, 3.63) is 35.9 Å². The van der Waals surface area contributed by atoms with E-state index in [1.807, 2.05) is 30.3 Å². The molecule has 152 valence electrons. The molecule has 27 heavy (non-hydrogen) atoms. The van der Waals surface area contributed by atoms with E-state index in [9.17, 15) is 0 Å². The Balaban J connectivity index is 1.51. The van der Waals surface area contributed by atoms with Crippen LogP contribution in [0.2, 0.25) is 0 Å². The first kappa shape index (κ1) is 20.7. The Morgan fingerprint density at radius 3 is 1.48 bits per heavy atom. The molecule has 2 saturated heterocycles. The summed E-state index contributed by atoms with van der Waals surface area (Å²) in [5, 5.41) is 0. The van der Waals surface area contributed by atoms with Crippen molar-refractivity contribution in [2.24, 2.45) is 5.41 Å². The van der Waals surface area contributed by atoms with Crippen molar-refractivity contribution in [2.45, 2.75) is 6.29 Å². The maximum atomic E-state index is 6.00. The molecule has 0 saturated carbocycles. The Bertz CT molecular complexity index is 484. The minimum atomic E-state index is -0.344. The lowest BCUT2D eigenvalue weighted by molar-refractivity contribution is -0.255. The van der Waals surface area contributed by atoms with Gasteiger partial charge < -0.3 is 33.2 Å². The predicted molar refractivity (Wildman–Crippen MR) is 97.6 cm³/mol. The second-order valence-electron chi connectivity index (χ2n) is 6.81. The first-order valence-corrected chi connectivity index (χ1v) is 9.55. The van der Waals surface area contributed by atoms with Crippen molar-refractivity contribution < 1.29 is 33.2 Å². The number of hydrogen-bond acceptors (Lipinski definition) is 7. The molecule has 2 aliphatic heterocycles. The largest absolute Gasteiger partial charge is 0.378 e.